The van der Waals surface area contributed by atoms with Crippen LogP contribution in [0.3, 0.4) is 0 Å². The van der Waals surface area contributed by atoms with E-state index < -0.39 is 0 Å². The molecule has 0 bridgehead atoms. The number of fused-ring (bicyclic) bond motifs is 1. The topological polar surface area (TPSA) is 35.6 Å². The van der Waals surface area contributed by atoms with Gasteiger partial charge < -0.3 is 10.2 Å². The molecule has 2 aliphatic rings. The molecule has 4 rings (SSSR count). The van der Waals surface area contributed by atoms with Crippen molar-refractivity contribution in [2.45, 2.75) is 17.4 Å². The lowest BCUT2D eigenvalue weighted by atomic mass is 10.1. The van der Waals surface area contributed by atoms with E-state index >= 15 is 0 Å². The first-order valence-electron chi connectivity index (χ1n) is 9.25. The van der Waals surface area contributed by atoms with Crippen LogP contribution in [0, 0.1) is 0 Å². The van der Waals surface area contributed by atoms with Gasteiger partial charge in [0.1, 0.15) is 0 Å². The van der Waals surface area contributed by atoms with Crippen LogP contribution in [0.15, 0.2) is 41.3 Å². The molecule has 0 aromatic heterocycles. The number of nitrogens with zero attached hydrogens (tertiary/aromatic N) is 2. The molecule has 1 N–H and O–H groups in total. The van der Waals surface area contributed by atoms with Crippen LogP contribution in [0.2, 0.25) is 5.02 Å². The molecule has 2 aliphatic heterocycles. The summed E-state index contributed by atoms with van der Waals surface area (Å²) in [5.41, 5.74) is 0. The molecule has 2 aromatic carbocycles. The van der Waals surface area contributed by atoms with Crippen molar-refractivity contribution in [3.63, 3.8) is 0 Å². The molecule has 1 unspecified atom stereocenters. The van der Waals surface area contributed by atoms with E-state index in [2.05, 4.69) is 28.4 Å². The number of nitrogens with one attached hydrogen (secondary N) is 1. The lowest BCUT2D eigenvalue weighted by Crippen LogP contribution is -2.49. The van der Waals surface area contributed by atoms with E-state index in [1.807, 2.05) is 23.1 Å². The molecular formula is C20H25Cl2N3OS. The molecule has 0 saturated carbocycles. The first kappa shape index (κ1) is 20.7. The Morgan fingerprint density at radius 2 is 1.89 bits per heavy atom. The van der Waals surface area contributed by atoms with Crippen molar-refractivity contribution in [3.05, 3.63) is 41.4 Å². The number of halogens is 2. The molecule has 0 spiro atoms. The highest BCUT2D eigenvalue weighted by molar-refractivity contribution is 8.00. The molecule has 1 amide bonds. The summed E-state index contributed by atoms with van der Waals surface area (Å²) >= 11 is 7.99. The summed E-state index contributed by atoms with van der Waals surface area (Å²) in [5, 5.41) is 6.31. The molecule has 7 heteroatoms. The number of carbonyl (C=O) groups excluding carboxylic acids is 1. The summed E-state index contributed by atoms with van der Waals surface area (Å²) in [6.45, 7) is 6.05. The van der Waals surface area contributed by atoms with Crippen LogP contribution in [0.25, 0.3) is 10.8 Å². The maximum Gasteiger partial charge on any atom is 0.232 e. The van der Waals surface area contributed by atoms with E-state index in [4.69, 9.17) is 11.6 Å². The summed E-state index contributed by atoms with van der Waals surface area (Å²) in [6, 6.07) is 12.6. The third-order valence-corrected chi connectivity index (χ3v) is 6.71. The number of benzene rings is 2. The van der Waals surface area contributed by atoms with Gasteiger partial charge in [-0.05, 0) is 23.9 Å². The number of amides is 1. The summed E-state index contributed by atoms with van der Waals surface area (Å²) in [6.07, 6.45) is 1.09. The van der Waals surface area contributed by atoms with E-state index in [0.717, 1.165) is 66.4 Å². The van der Waals surface area contributed by atoms with Crippen LogP contribution in [-0.4, -0.2) is 66.8 Å². The Morgan fingerprint density at radius 1 is 1.15 bits per heavy atom. The van der Waals surface area contributed by atoms with Gasteiger partial charge in [0.2, 0.25) is 5.91 Å². The minimum atomic E-state index is 0. The van der Waals surface area contributed by atoms with E-state index in [1.54, 1.807) is 11.8 Å². The Hall–Kier alpha value is -0.980. The van der Waals surface area contributed by atoms with E-state index in [1.165, 1.54) is 0 Å². The van der Waals surface area contributed by atoms with Crippen molar-refractivity contribution in [1.82, 2.24) is 15.1 Å². The number of likely N-dealkylation sites (tertiary alicyclic amines) is 1. The zero-order valence-corrected chi connectivity index (χ0v) is 17.6. The van der Waals surface area contributed by atoms with Crippen molar-refractivity contribution in [2.24, 2.45) is 0 Å². The van der Waals surface area contributed by atoms with Gasteiger partial charge in [0.05, 0.1) is 5.75 Å². The number of hydrogen-bond donors (Lipinski definition) is 1. The van der Waals surface area contributed by atoms with Gasteiger partial charge in [-0.3, -0.25) is 9.69 Å². The first-order chi connectivity index (χ1) is 12.7. The van der Waals surface area contributed by atoms with Crippen LogP contribution < -0.4 is 5.32 Å². The lowest BCUT2D eigenvalue weighted by Gasteiger charge is -2.32. The Morgan fingerprint density at radius 3 is 2.67 bits per heavy atom. The molecule has 0 aliphatic carbocycles. The van der Waals surface area contributed by atoms with Gasteiger partial charge in [0.25, 0.3) is 0 Å². The number of piperazine rings is 1. The van der Waals surface area contributed by atoms with E-state index in [-0.39, 0.29) is 18.3 Å². The molecule has 2 saturated heterocycles. The Bertz CT molecular complexity index is 793. The Balaban J connectivity index is 0.00000210. The lowest BCUT2D eigenvalue weighted by molar-refractivity contribution is -0.127. The highest BCUT2D eigenvalue weighted by Crippen LogP contribution is 2.33. The predicted molar refractivity (Wildman–Crippen MR) is 116 cm³/mol. The molecule has 4 nitrogen and oxygen atoms in total. The molecule has 1 atom stereocenters. The third kappa shape index (κ3) is 4.72. The zero-order valence-electron chi connectivity index (χ0n) is 15.2. The van der Waals surface area contributed by atoms with Crippen LogP contribution in [-0.2, 0) is 4.79 Å². The number of hydrogen-bond acceptors (Lipinski definition) is 4. The molecule has 27 heavy (non-hydrogen) atoms. The second kappa shape index (κ2) is 9.48. The SMILES string of the molecule is Cl.O=C(CSc1cccc2cccc(Cl)c12)N1CCC(N2CCNCC2)C1. The Labute approximate surface area is 176 Å². The normalized spacial score (nSPS) is 20.6. The standard InChI is InChI=1S/C20H24ClN3OS.ClH/c21-17-5-1-3-15-4-2-6-18(20(15)17)26-14-19(25)24-10-7-16(13-24)23-11-8-22-9-12-23;/h1-6,16,22H,7-14H2;1H. The average molecular weight is 426 g/mol. The van der Waals surface area contributed by atoms with E-state index in [9.17, 15) is 4.79 Å². The molecule has 2 fully saturated rings. The van der Waals surface area contributed by atoms with Crippen LogP contribution in [0.5, 0.6) is 0 Å². The molecule has 2 heterocycles. The number of carbonyl (C=O) groups is 1. The minimum absolute atomic E-state index is 0. The maximum atomic E-state index is 12.7. The summed E-state index contributed by atoms with van der Waals surface area (Å²) in [5.74, 6) is 0.704. The fraction of sp³-hybridized carbons (Fsp3) is 0.450. The van der Waals surface area contributed by atoms with Gasteiger partial charge in [0.15, 0.2) is 0 Å². The van der Waals surface area contributed by atoms with Crippen molar-refractivity contribution < 1.29 is 4.79 Å². The predicted octanol–water partition coefficient (Wildman–Crippen LogP) is 3.51. The zero-order chi connectivity index (χ0) is 17.9. The quantitative estimate of drug-likeness (QED) is 0.760. The third-order valence-electron chi connectivity index (χ3n) is 5.35. The minimum Gasteiger partial charge on any atom is -0.340 e. The fourth-order valence-corrected chi connectivity index (χ4v) is 5.28. The molecule has 0 radical (unpaired) electrons. The number of rotatable bonds is 4. The molecule has 2 aromatic rings. The first-order valence-corrected chi connectivity index (χ1v) is 10.6. The largest absolute Gasteiger partial charge is 0.340 e. The van der Waals surface area contributed by atoms with Gasteiger partial charge in [-0.1, -0.05) is 35.9 Å². The van der Waals surface area contributed by atoms with Crippen LogP contribution in [0.1, 0.15) is 6.42 Å². The van der Waals surface area contributed by atoms with Crippen molar-refractivity contribution in [1.29, 1.82) is 0 Å². The van der Waals surface area contributed by atoms with Crippen LogP contribution >= 0.6 is 35.8 Å². The second-order valence-corrected chi connectivity index (χ2v) is 8.38. The van der Waals surface area contributed by atoms with Gasteiger partial charge in [-0.15, -0.1) is 24.2 Å². The number of thioether (sulfide) groups is 1. The fourth-order valence-electron chi connectivity index (χ4n) is 3.93. The van der Waals surface area contributed by atoms with Crippen molar-refractivity contribution in [2.75, 3.05) is 45.0 Å². The second-order valence-electron chi connectivity index (χ2n) is 6.95. The van der Waals surface area contributed by atoms with Gasteiger partial charge in [-0.25, -0.2) is 0 Å². The summed E-state index contributed by atoms with van der Waals surface area (Å²) in [7, 11) is 0. The summed E-state index contributed by atoms with van der Waals surface area (Å²) in [4.78, 5) is 18.4. The average Bonchev–Trinajstić information content (AvgIpc) is 3.17. The maximum absolute atomic E-state index is 12.7. The van der Waals surface area contributed by atoms with Gasteiger partial charge in [0, 0.05) is 60.6 Å². The molecule has 146 valence electrons. The van der Waals surface area contributed by atoms with Crippen LogP contribution in [0.4, 0.5) is 0 Å². The Kier molecular flexibility index (Phi) is 7.29. The van der Waals surface area contributed by atoms with E-state index in [0.29, 0.717) is 11.8 Å². The highest BCUT2D eigenvalue weighted by atomic mass is 35.5. The smallest absolute Gasteiger partial charge is 0.232 e. The summed E-state index contributed by atoms with van der Waals surface area (Å²) < 4.78 is 0. The van der Waals surface area contributed by atoms with Crippen molar-refractivity contribution >= 4 is 52.4 Å². The molecular weight excluding hydrogens is 401 g/mol. The monoisotopic (exact) mass is 425 g/mol. The van der Waals surface area contributed by atoms with Gasteiger partial charge >= 0.3 is 0 Å². The van der Waals surface area contributed by atoms with Crippen molar-refractivity contribution in [3.8, 4) is 0 Å². The van der Waals surface area contributed by atoms with Gasteiger partial charge in [-0.2, -0.15) is 0 Å². The highest BCUT2D eigenvalue weighted by Gasteiger charge is 2.30.